The van der Waals surface area contributed by atoms with Crippen LogP contribution >= 0.6 is 0 Å². The summed E-state index contributed by atoms with van der Waals surface area (Å²) in [4.78, 5) is 22.8. The molecular formula is C26H32N4O2. The smallest absolute Gasteiger partial charge is 0.252 e. The molecular weight excluding hydrogens is 400 g/mol. The summed E-state index contributed by atoms with van der Waals surface area (Å²) < 4.78 is 5.25. The predicted octanol–water partition coefficient (Wildman–Crippen LogP) is 3.71. The van der Waals surface area contributed by atoms with Crippen LogP contribution in [0.5, 0.6) is 0 Å². The number of anilines is 1. The molecule has 6 nitrogen and oxygen atoms in total. The van der Waals surface area contributed by atoms with Gasteiger partial charge in [0.15, 0.2) is 0 Å². The minimum atomic E-state index is -0.0727. The summed E-state index contributed by atoms with van der Waals surface area (Å²) in [5, 5.41) is 4.00. The van der Waals surface area contributed by atoms with Gasteiger partial charge in [0, 0.05) is 45.2 Å². The van der Waals surface area contributed by atoms with Crippen LogP contribution in [0.25, 0.3) is 10.9 Å². The largest absolute Gasteiger partial charge is 0.383 e. The molecule has 4 rings (SSSR count). The Hall–Kier alpha value is -2.96. The Kier molecular flexibility index (Phi) is 7.35. The van der Waals surface area contributed by atoms with Crippen molar-refractivity contribution in [3.63, 3.8) is 0 Å². The highest BCUT2D eigenvalue weighted by Crippen LogP contribution is 2.24. The van der Waals surface area contributed by atoms with Crippen molar-refractivity contribution in [2.75, 3.05) is 44.8 Å². The van der Waals surface area contributed by atoms with Crippen LogP contribution in [0, 0.1) is 0 Å². The van der Waals surface area contributed by atoms with Gasteiger partial charge >= 0.3 is 0 Å². The van der Waals surface area contributed by atoms with Gasteiger partial charge in [-0.25, -0.2) is 4.98 Å². The van der Waals surface area contributed by atoms with Crippen molar-refractivity contribution in [3.05, 3.63) is 71.8 Å². The molecule has 1 atom stereocenters. The van der Waals surface area contributed by atoms with E-state index in [9.17, 15) is 4.79 Å². The van der Waals surface area contributed by atoms with E-state index in [0.717, 1.165) is 55.9 Å². The first kappa shape index (κ1) is 22.2. The second kappa shape index (κ2) is 10.6. The van der Waals surface area contributed by atoms with E-state index in [1.54, 1.807) is 7.11 Å². The summed E-state index contributed by atoms with van der Waals surface area (Å²) in [5.41, 5.74) is 2.86. The Bertz CT molecular complexity index is 1030. The molecule has 3 aromatic rings. The lowest BCUT2D eigenvalue weighted by atomic mass is 10.1. The summed E-state index contributed by atoms with van der Waals surface area (Å²) in [6, 6.07) is 20.4. The molecule has 1 aromatic heterocycles. The van der Waals surface area contributed by atoms with Crippen molar-refractivity contribution in [1.29, 1.82) is 0 Å². The number of rotatable bonds is 8. The number of hydrogen-bond donors (Lipinski definition) is 1. The molecule has 2 heterocycles. The number of pyridine rings is 1. The third kappa shape index (κ3) is 5.26. The average molecular weight is 433 g/mol. The number of piperazine rings is 1. The number of para-hydroxylation sites is 1. The molecule has 0 bridgehead atoms. The molecule has 1 fully saturated rings. The summed E-state index contributed by atoms with van der Waals surface area (Å²) in [7, 11) is 1.66. The molecule has 0 saturated carbocycles. The first-order valence-corrected chi connectivity index (χ1v) is 11.4. The van der Waals surface area contributed by atoms with Crippen molar-refractivity contribution in [2.24, 2.45) is 0 Å². The topological polar surface area (TPSA) is 57.7 Å². The van der Waals surface area contributed by atoms with Gasteiger partial charge in [0.2, 0.25) is 0 Å². The predicted molar refractivity (Wildman–Crippen MR) is 129 cm³/mol. The Morgan fingerprint density at radius 2 is 1.78 bits per heavy atom. The number of benzene rings is 2. The fraction of sp³-hybridized carbons (Fsp3) is 0.385. The molecule has 1 unspecified atom stereocenters. The zero-order valence-electron chi connectivity index (χ0n) is 19.0. The average Bonchev–Trinajstić information content (AvgIpc) is 2.84. The number of ether oxygens (including phenoxy) is 1. The second-order valence-electron chi connectivity index (χ2n) is 8.33. The zero-order chi connectivity index (χ0) is 22.3. The molecule has 0 spiro atoms. The molecule has 1 N–H and O–H groups in total. The van der Waals surface area contributed by atoms with E-state index in [-0.39, 0.29) is 11.9 Å². The lowest BCUT2D eigenvalue weighted by Crippen LogP contribution is -2.46. The first-order chi connectivity index (χ1) is 15.7. The molecule has 0 aliphatic carbocycles. The number of nitrogens with zero attached hydrogens (tertiary/aromatic N) is 3. The van der Waals surface area contributed by atoms with Crippen LogP contribution in [-0.4, -0.2) is 61.7 Å². The highest BCUT2D eigenvalue weighted by Gasteiger charge is 2.22. The normalized spacial score (nSPS) is 15.6. The Morgan fingerprint density at radius 1 is 1.06 bits per heavy atom. The van der Waals surface area contributed by atoms with Crippen molar-refractivity contribution in [3.8, 4) is 0 Å². The van der Waals surface area contributed by atoms with Crippen molar-refractivity contribution >= 4 is 22.6 Å². The number of hydrogen-bond acceptors (Lipinski definition) is 5. The molecule has 6 heteroatoms. The van der Waals surface area contributed by atoms with Crippen LogP contribution in [0.2, 0.25) is 0 Å². The molecule has 1 aliphatic heterocycles. The Balaban J connectivity index is 1.51. The van der Waals surface area contributed by atoms with E-state index in [1.165, 1.54) is 5.56 Å². The molecule has 0 radical (unpaired) electrons. The van der Waals surface area contributed by atoms with Gasteiger partial charge in [-0.3, -0.25) is 9.69 Å². The van der Waals surface area contributed by atoms with Crippen LogP contribution in [0.1, 0.15) is 29.3 Å². The van der Waals surface area contributed by atoms with Crippen molar-refractivity contribution in [1.82, 2.24) is 15.2 Å². The quantitative estimate of drug-likeness (QED) is 0.588. The van der Waals surface area contributed by atoms with E-state index < -0.39 is 0 Å². The monoisotopic (exact) mass is 432 g/mol. The summed E-state index contributed by atoms with van der Waals surface area (Å²) in [6.45, 7) is 7.23. The number of methoxy groups -OCH3 is 1. The number of amides is 1. The highest BCUT2D eigenvalue weighted by atomic mass is 16.5. The number of carbonyl (C=O) groups excluding carboxylic acids is 1. The molecule has 1 saturated heterocycles. The van der Waals surface area contributed by atoms with Crippen LogP contribution in [0.15, 0.2) is 60.7 Å². The molecule has 1 aliphatic rings. The van der Waals surface area contributed by atoms with Crippen molar-refractivity contribution in [2.45, 2.75) is 25.9 Å². The maximum absolute atomic E-state index is 13.2. The first-order valence-electron chi connectivity index (χ1n) is 11.4. The van der Waals surface area contributed by atoms with E-state index in [4.69, 9.17) is 9.72 Å². The summed E-state index contributed by atoms with van der Waals surface area (Å²) in [5.74, 6) is 0.796. The number of fused-ring (bicyclic) bond motifs is 1. The van der Waals surface area contributed by atoms with E-state index in [2.05, 4.69) is 52.4 Å². The molecule has 2 aromatic carbocycles. The fourth-order valence-electron chi connectivity index (χ4n) is 4.21. The SMILES string of the molecule is CCC(COC)NC(=O)c1cc(N2CCN(Cc3ccccc3)CC2)nc2ccccc12. The zero-order valence-corrected chi connectivity index (χ0v) is 19.0. The lowest BCUT2D eigenvalue weighted by Gasteiger charge is -2.35. The molecule has 32 heavy (non-hydrogen) atoms. The summed E-state index contributed by atoms with van der Waals surface area (Å²) in [6.07, 6.45) is 0.818. The number of aromatic nitrogens is 1. The van der Waals surface area contributed by atoms with Gasteiger partial charge in [-0.15, -0.1) is 0 Å². The minimum absolute atomic E-state index is 0.00981. The van der Waals surface area contributed by atoms with Crippen molar-refractivity contribution < 1.29 is 9.53 Å². The van der Waals surface area contributed by atoms with Crippen LogP contribution in [0.4, 0.5) is 5.82 Å². The number of carbonyl (C=O) groups is 1. The van der Waals surface area contributed by atoms with Gasteiger partial charge in [0.05, 0.1) is 23.7 Å². The van der Waals surface area contributed by atoms with E-state index in [0.29, 0.717) is 12.2 Å². The lowest BCUT2D eigenvalue weighted by molar-refractivity contribution is 0.0896. The van der Waals surface area contributed by atoms with Crippen LogP contribution in [-0.2, 0) is 11.3 Å². The standard InChI is InChI=1S/C26H32N4O2/c1-3-21(19-32-2)27-26(31)23-17-25(28-24-12-8-7-11-22(23)24)30-15-13-29(14-16-30)18-20-9-5-4-6-10-20/h4-12,17,21H,3,13-16,18-19H2,1-2H3,(H,27,31). The highest BCUT2D eigenvalue weighted by molar-refractivity contribution is 6.07. The molecule has 168 valence electrons. The Labute approximate surface area is 190 Å². The maximum Gasteiger partial charge on any atom is 0.252 e. The van der Waals surface area contributed by atoms with E-state index in [1.807, 2.05) is 30.3 Å². The van der Waals surface area contributed by atoms with Crippen LogP contribution < -0.4 is 10.2 Å². The number of nitrogens with one attached hydrogen (secondary N) is 1. The van der Waals surface area contributed by atoms with Gasteiger partial charge in [-0.05, 0) is 24.1 Å². The van der Waals surface area contributed by atoms with Gasteiger partial charge in [-0.2, -0.15) is 0 Å². The maximum atomic E-state index is 13.2. The van der Waals surface area contributed by atoms with Gasteiger partial charge in [0.1, 0.15) is 5.82 Å². The molecule has 1 amide bonds. The second-order valence-corrected chi connectivity index (χ2v) is 8.33. The Morgan fingerprint density at radius 3 is 2.50 bits per heavy atom. The fourth-order valence-corrected chi connectivity index (χ4v) is 4.21. The minimum Gasteiger partial charge on any atom is -0.383 e. The third-order valence-electron chi connectivity index (χ3n) is 6.09. The summed E-state index contributed by atoms with van der Waals surface area (Å²) >= 11 is 0. The van der Waals surface area contributed by atoms with Gasteiger partial charge in [-0.1, -0.05) is 55.5 Å². The van der Waals surface area contributed by atoms with E-state index >= 15 is 0 Å². The van der Waals surface area contributed by atoms with Gasteiger partial charge in [0.25, 0.3) is 5.91 Å². The van der Waals surface area contributed by atoms with Gasteiger partial charge < -0.3 is 15.0 Å². The van der Waals surface area contributed by atoms with Crippen LogP contribution in [0.3, 0.4) is 0 Å². The third-order valence-corrected chi connectivity index (χ3v) is 6.09.